The van der Waals surface area contributed by atoms with Gasteiger partial charge in [0.05, 0.1) is 18.1 Å². The van der Waals surface area contributed by atoms with Gasteiger partial charge in [-0.15, -0.1) is 0 Å². The van der Waals surface area contributed by atoms with Gasteiger partial charge in [0.2, 0.25) is 0 Å². The molecule has 0 aromatic heterocycles. The molecule has 24 heavy (non-hydrogen) atoms. The van der Waals surface area contributed by atoms with Crippen LogP contribution in [0.1, 0.15) is 30.4 Å². The summed E-state index contributed by atoms with van der Waals surface area (Å²) < 4.78 is 45.4. The van der Waals surface area contributed by atoms with Crippen LogP contribution < -0.4 is 4.74 Å². The molecule has 1 saturated carbocycles. The van der Waals surface area contributed by atoms with Crippen molar-refractivity contribution in [3.05, 3.63) is 53.3 Å². The molecule has 126 valence electrons. The van der Waals surface area contributed by atoms with Crippen LogP contribution in [-0.4, -0.2) is 18.2 Å². The van der Waals surface area contributed by atoms with Crippen LogP contribution in [0.25, 0.3) is 11.1 Å². The number of methoxy groups -OCH3 is 1. The van der Waals surface area contributed by atoms with Gasteiger partial charge in [0, 0.05) is 11.1 Å². The van der Waals surface area contributed by atoms with Crippen LogP contribution in [0.15, 0.2) is 36.4 Å². The Morgan fingerprint density at radius 2 is 1.96 bits per heavy atom. The molecule has 2 aromatic carbocycles. The molecule has 1 N–H and O–H groups in total. The van der Waals surface area contributed by atoms with Crippen molar-refractivity contribution in [2.75, 3.05) is 7.11 Å². The minimum atomic E-state index is -2.92. The second-order valence-corrected chi connectivity index (χ2v) is 5.81. The van der Waals surface area contributed by atoms with Crippen molar-refractivity contribution in [3.63, 3.8) is 0 Å². The molecule has 3 rings (SSSR count). The molecule has 0 saturated heterocycles. The Kier molecular flexibility index (Phi) is 3.99. The standard InChI is InChI=1S/C18H15F3O3/c1-24-14-6-5-10(9-13(14)18(7-8-18)17(22)23)11-3-2-4-12(15(11)19)16(20)21/h2-6,9,16H,7-8H2,1H3,(H,22,23). The highest BCUT2D eigenvalue weighted by Crippen LogP contribution is 2.52. The lowest BCUT2D eigenvalue weighted by Gasteiger charge is -2.17. The Morgan fingerprint density at radius 1 is 1.25 bits per heavy atom. The van der Waals surface area contributed by atoms with E-state index in [2.05, 4.69) is 0 Å². The smallest absolute Gasteiger partial charge is 0.314 e. The highest BCUT2D eigenvalue weighted by atomic mass is 19.3. The molecule has 1 aliphatic rings. The Hall–Kier alpha value is -2.50. The van der Waals surface area contributed by atoms with E-state index < -0.39 is 29.2 Å². The van der Waals surface area contributed by atoms with E-state index in [4.69, 9.17) is 4.74 Å². The van der Waals surface area contributed by atoms with E-state index in [0.717, 1.165) is 6.07 Å². The second kappa shape index (κ2) is 5.85. The van der Waals surface area contributed by atoms with Crippen LogP contribution >= 0.6 is 0 Å². The largest absolute Gasteiger partial charge is 0.496 e. The number of benzene rings is 2. The van der Waals surface area contributed by atoms with Crippen LogP contribution in [0.2, 0.25) is 0 Å². The van der Waals surface area contributed by atoms with Gasteiger partial charge >= 0.3 is 5.97 Å². The van der Waals surface area contributed by atoms with E-state index in [1.165, 1.54) is 31.4 Å². The number of halogens is 3. The number of carboxylic acid groups (broad SMARTS) is 1. The number of carbonyl (C=O) groups is 1. The first kappa shape index (κ1) is 16.4. The lowest BCUT2D eigenvalue weighted by molar-refractivity contribution is -0.140. The van der Waals surface area contributed by atoms with Crippen molar-refractivity contribution >= 4 is 5.97 Å². The van der Waals surface area contributed by atoms with Crippen molar-refractivity contribution in [2.45, 2.75) is 24.7 Å². The maximum atomic E-state index is 14.4. The lowest BCUT2D eigenvalue weighted by atomic mass is 9.91. The van der Waals surface area contributed by atoms with E-state index in [0.29, 0.717) is 29.7 Å². The maximum Gasteiger partial charge on any atom is 0.314 e. The van der Waals surface area contributed by atoms with E-state index >= 15 is 0 Å². The zero-order chi connectivity index (χ0) is 17.5. The zero-order valence-electron chi connectivity index (χ0n) is 12.9. The van der Waals surface area contributed by atoms with Crippen molar-refractivity contribution in [1.29, 1.82) is 0 Å². The third-order valence-corrected chi connectivity index (χ3v) is 4.45. The Bertz CT molecular complexity index is 798. The summed E-state index contributed by atoms with van der Waals surface area (Å²) in [7, 11) is 1.43. The van der Waals surface area contributed by atoms with Crippen LogP contribution in [-0.2, 0) is 10.2 Å². The number of hydrogen-bond acceptors (Lipinski definition) is 2. The molecule has 0 atom stereocenters. The number of aliphatic carboxylic acids is 1. The summed E-state index contributed by atoms with van der Waals surface area (Å²) in [5.74, 6) is -1.58. The van der Waals surface area contributed by atoms with E-state index in [-0.39, 0.29) is 5.56 Å². The Morgan fingerprint density at radius 3 is 2.50 bits per heavy atom. The molecule has 0 radical (unpaired) electrons. The molecule has 0 amide bonds. The van der Waals surface area contributed by atoms with E-state index in [1.807, 2.05) is 0 Å². The zero-order valence-corrected chi connectivity index (χ0v) is 12.9. The summed E-state index contributed by atoms with van der Waals surface area (Å²) >= 11 is 0. The summed E-state index contributed by atoms with van der Waals surface area (Å²) in [6.07, 6.45) is -2.00. The van der Waals surface area contributed by atoms with Gasteiger partial charge in [0.25, 0.3) is 6.43 Å². The summed E-state index contributed by atoms with van der Waals surface area (Å²) in [6.45, 7) is 0. The second-order valence-electron chi connectivity index (χ2n) is 5.81. The normalized spacial score (nSPS) is 15.4. The van der Waals surface area contributed by atoms with Crippen LogP contribution in [0.4, 0.5) is 13.2 Å². The molecule has 0 unspecified atom stereocenters. The first-order valence-corrected chi connectivity index (χ1v) is 7.39. The third-order valence-electron chi connectivity index (χ3n) is 4.45. The van der Waals surface area contributed by atoms with E-state index in [9.17, 15) is 23.1 Å². The molecule has 3 nitrogen and oxygen atoms in total. The minimum absolute atomic E-state index is 0.0119. The molecule has 1 fully saturated rings. The highest BCUT2D eigenvalue weighted by molar-refractivity contribution is 5.87. The Labute approximate surface area is 136 Å². The van der Waals surface area contributed by atoms with Gasteiger partial charge in [-0.2, -0.15) is 0 Å². The first-order valence-electron chi connectivity index (χ1n) is 7.39. The summed E-state index contributed by atoms with van der Waals surface area (Å²) in [5.41, 5.74) is -0.921. The molecule has 0 spiro atoms. The quantitative estimate of drug-likeness (QED) is 0.871. The lowest BCUT2D eigenvalue weighted by Crippen LogP contribution is -2.20. The van der Waals surface area contributed by atoms with Gasteiger partial charge in [0.15, 0.2) is 0 Å². The summed E-state index contributed by atoms with van der Waals surface area (Å²) in [4.78, 5) is 11.6. The summed E-state index contributed by atoms with van der Waals surface area (Å²) in [6, 6.07) is 8.39. The predicted molar refractivity (Wildman–Crippen MR) is 81.9 cm³/mol. The number of ether oxygens (including phenoxy) is 1. The van der Waals surface area contributed by atoms with Crippen molar-refractivity contribution in [2.24, 2.45) is 0 Å². The first-order chi connectivity index (χ1) is 11.4. The topological polar surface area (TPSA) is 46.5 Å². The SMILES string of the molecule is COc1ccc(-c2cccc(C(F)F)c2F)cc1C1(C(=O)O)CC1. The van der Waals surface area contributed by atoms with Gasteiger partial charge in [-0.3, -0.25) is 4.79 Å². The molecule has 0 aliphatic heterocycles. The maximum absolute atomic E-state index is 14.4. The fourth-order valence-corrected chi connectivity index (χ4v) is 2.91. The fourth-order valence-electron chi connectivity index (χ4n) is 2.91. The molecule has 2 aromatic rings. The van der Waals surface area contributed by atoms with Crippen molar-refractivity contribution < 1.29 is 27.8 Å². The van der Waals surface area contributed by atoms with Gasteiger partial charge in [-0.25, -0.2) is 13.2 Å². The number of carboxylic acids is 1. The molecule has 0 heterocycles. The molecular formula is C18H15F3O3. The average molecular weight is 336 g/mol. The minimum Gasteiger partial charge on any atom is -0.496 e. The number of alkyl halides is 2. The predicted octanol–water partition coefficient (Wildman–Crippen LogP) is 4.56. The number of rotatable bonds is 5. The van der Waals surface area contributed by atoms with Crippen molar-refractivity contribution in [3.8, 4) is 16.9 Å². The molecule has 0 bridgehead atoms. The molecular weight excluding hydrogens is 321 g/mol. The third kappa shape index (κ3) is 2.52. The molecule has 1 aliphatic carbocycles. The van der Waals surface area contributed by atoms with Crippen LogP contribution in [0, 0.1) is 5.82 Å². The number of hydrogen-bond donors (Lipinski definition) is 1. The van der Waals surface area contributed by atoms with Gasteiger partial charge in [-0.05, 0) is 30.5 Å². The highest BCUT2D eigenvalue weighted by Gasteiger charge is 2.53. The van der Waals surface area contributed by atoms with Crippen molar-refractivity contribution in [1.82, 2.24) is 0 Å². The fraction of sp³-hybridized carbons (Fsp3) is 0.278. The van der Waals surface area contributed by atoms with Gasteiger partial charge in [-0.1, -0.05) is 24.3 Å². The Balaban J connectivity index is 2.15. The molecule has 6 heteroatoms. The van der Waals surface area contributed by atoms with E-state index in [1.54, 1.807) is 6.07 Å². The van der Waals surface area contributed by atoms with Crippen LogP contribution in [0.5, 0.6) is 5.75 Å². The van der Waals surface area contributed by atoms with Crippen LogP contribution in [0.3, 0.4) is 0 Å². The monoisotopic (exact) mass is 336 g/mol. The van der Waals surface area contributed by atoms with Gasteiger partial charge in [0.1, 0.15) is 11.6 Å². The van der Waals surface area contributed by atoms with Gasteiger partial charge < -0.3 is 9.84 Å². The summed E-state index contributed by atoms with van der Waals surface area (Å²) in [5, 5.41) is 9.48. The average Bonchev–Trinajstić information content (AvgIpc) is 3.36.